The number of nitrogens with one attached hydrogen (secondary N) is 1. The van der Waals surface area contributed by atoms with Crippen molar-refractivity contribution < 1.29 is 18.0 Å². The van der Waals surface area contributed by atoms with Gasteiger partial charge in [0.05, 0.1) is 11.4 Å². The summed E-state index contributed by atoms with van der Waals surface area (Å²) in [4.78, 5) is 26.6. The summed E-state index contributed by atoms with van der Waals surface area (Å²) < 4.78 is 24.0. The monoisotopic (exact) mass is 409 g/mol. The Morgan fingerprint density at radius 1 is 1.04 bits per heavy atom. The van der Waals surface area contributed by atoms with Crippen LogP contribution in [0.5, 0.6) is 0 Å². The van der Waals surface area contributed by atoms with Gasteiger partial charge in [0, 0.05) is 37.7 Å². The predicted octanol–water partition coefficient (Wildman–Crippen LogP) is 0.630. The Morgan fingerprint density at radius 2 is 1.68 bits per heavy atom. The average Bonchev–Trinajstić information content (AvgIpc) is 2.68. The first kappa shape index (κ1) is 20.6. The maximum Gasteiger partial charge on any atom is 0.276 e. The van der Waals surface area contributed by atoms with Crippen molar-refractivity contribution >= 4 is 33.4 Å². The third kappa shape index (κ3) is 4.81. The van der Waals surface area contributed by atoms with Gasteiger partial charge in [-0.25, -0.2) is 5.14 Å². The molecule has 0 aliphatic carbocycles. The van der Waals surface area contributed by atoms with E-state index < -0.39 is 16.1 Å². The van der Waals surface area contributed by atoms with Crippen LogP contribution in [0.1, 0.15) is 42.5 Å². The first-order valence-electron chi connectivity index (χ1n) is 9.53. The molecule has 2 saturated heterocycles. The van der Waals surface area contributed by atoms with Gasteiger partial charge in [0.15, 0.2) is 0 Å². The number of carbonyl (C=O) groups excluding carboxylic acids is 2. The Bertz CT molecular complexity index is 844. The van der Waals surface area contributed by atoms with E-state index >= 15 is 0 Å². The van der Waals surface area contributed by atoms with Gasteiger partial charge >= 0.3 is 0 Å². The smallest absolute Gasteiger partial charge is 0.276 e. The molecule has 0 unspecified atom stereocenters. The van der Waals surface area contributed by atoms with E-state index in [0.29, 0.717) is 24.1 Å². The van der Waals surface area contributed by atoms with Crippen LogP contribution in [0.3, 0.4) is 0 Å². The molecular formula is C18H27N5O4S. The van der Waals surface area contributed by atoms with Crippen molar-refractivity contribution in [3.05, 3.63) is 23.8 Å². The molecule has 10 heteroatoms. The number of nitrogens with zero attached hydrogens (tertiary/aromatic N) is 2. The van der Waals surface area contributed by atoms with Crippen LogP contribution < -0.4 is 21.1 Å². The molecule has 0 atom stereocenters. The third-order valence-corrected chi connectivity index (χ3v) is 6.51. The first-order chi connectivity index (χ1) is 13.3. The summed E-state index contributed by atoms with van der Waals surface area (Å²) in [6, 6.07) is 5.11. The van der Waals surface area contributed by atoms with E-state index in [-0.39, 0.29) is 24.9 Å². The topological polar surface area (TPSA) is 139 Å². The van der Waals surface area contributed by atoms with Gasteiger partial charge in [0.2, 0.25) is 11.8 Å². The summed E-state index contributed by atoms with van der Waals surface area (Å²) in [7, 11) is -3.73. The third-order valence-electron chi connectivity index (χ3n) is 5.42. The highest BCUT2D eigenvalue weighted by Crippen LogP contribution is 2.31. The molecule has 28 heavy (non-hydrogen) atoms. The van der Waals surface area contributed by atoms with Gasteiger partial charge in [0.1, 0.15) is 0 Å². The molecule has 1 aromatic rings. The van der Waals surface area contributed by atoms with Crippen LogP contribution in [0.25, 0.3) is 0 Å². The van der Waals surface area contributed by atoms with E-state index in [0.717, 1.165) is 31.6 Å². The molecule has 0 spiro atoms. The van der Waals surface area contributed by atoms with Crippen LogP contribution in [-0.2, 0) is 15.0 Å². The zero-order valence-electron chi connectivity index (χ0n) is 15.8. The largest absolute Gasteiger partial charge is 0.370 e. The Balaban J connectivity index is 1.75. The number of hydrogen-bond donors (Lipinski definition) is 3. The quantitative estimate of drug-likeness (QED) is 0.654. The van der Waals surface area contributed by atoms with Crippen LogP contribution in [0.15, 0.2) is 18.2 Å². The molecule has 2 aliphatic rings. The van der Waals surface area contributed by atoms with Gasteiger partial charge in [-0.15, -0.1) is 0 Å². The van der Waals surface area contributed by atoms with Crippen molar-refractivity contribution in [1.82, 2.24) is 4.31 Å². The number of benzene rings is 1. The van der Waals surface area contributed by atoms with Crippen molar-refractivity contribution in [3.63, 3.8) is 0 Å². The van der Waals surface area contributed by atoms with Crippen LogP contribution in [0.2, 0.25) is 0 Å². The fourth-order valence-electron chi connectivity index (χ4n) is 3.81. The van der Waals surface area contributed by atoms with E-state index in [2.05, 4.69) is 10.2 Å². The number of piperidine rings is 2. The van der Waals surface area contributed by atoms with E-state index in [1.807, 2.05) is 6.07 Å². The highest BCUT2D eigenvalue weighted by Gasteiger charge is 2.30. The van der Waals surface area contributed by atoms with Crippen molar-refractivity contribution in [1.29, 1.82) is 0 Å². The van der Waals surface area contributed by atoms with Crippen molar-refractivity contribution in [2.45, 2.75) is 32.1 Å². The minimum absolute atomic E-state index is 0.186. The molecule has 0 radical (unpaired) electrons. The zero-order chi connectivity index (χ0) is 20.3. The van der Waals surface area contributed by atoms with Gasteiger partial charge in [-0.1, -0.05) is 0 Å². The Kier molecular flexibility index (Phi) is 6.21. The molecule has 2 aliphatic heterocycles. The molecule has 9 nitrogen and oxygen atoms in total. The number of amides is 2. The van der Waals surface area contributed by atoms with Gasteiger partial charge in [-0.05, 0) is 50.3 Å². The molecule has 0 bridgehead atoms. The molecule has 5 N–H and O–H groups in total. The van der Waals surface area contributed by atoms with E-state index in [1.165, 1.54) is 10.7 Å². The van der Waals surface area contributed by atoms with Gasteiger partial charge in [-0.2, -0.15) is 12.7 Å². The summed E-state index contributed by atoms with van der Waals surface area (Å²) in [5.74, 6) is -1.06. The minimum Gasteiger partial charge on any atom is -0.370 e. The SMILES string of the molecule is NC(=O)c1ccc(N2CCCCC2)c(NC(=O)C2CCN(S(N)(=O)=O)CC2)c1. The van der Waals surface area contributed by atoms with Crippen LogP contribution in [0.4, 0.5) is 11.4 Å². The fraction of sp³-hybridized carbons (Fsp3) is 0.556. The standard InChI is InChI=1S/C18H27N5O4S/c19-17(24)14-4-5-16(22-8-2-1-3-9-22)15(12-14)21-18(25)13-6-10-23(11-7-13)28(20,26)27/h4-5,12-13H,1-3,6-11H2,(H2,19,24)(H,21,25)(H2,20,26,27). The van der Waals surface area contributed by atoms with Gasteiger partial charge in [0.25, 0.3) is 10.2 Å². The van der Waals surface area contributed by atoms with Crippen molar-refractivity contribution in [3.8, 4) is 0 Å². The molecule has 154 valence electrons. The van der Waals surface area contributed by atoms with E-state index in [1.54, 1.807) is 12.1 Å². The molecule has 3 rings (SSSR count). The Morgan fingerprint density at radius 3 is 2.25 bits per heavy atom. The van der Waals surface area contributed by atoms with E-state index in [4.69, 9.17) is 10.9 Å². The minimum atomic E-state index is -3.73. The average molecular weight is 410 g/mol. The summed E-state index contributed by atoms with van der Waals surface area (Å²) in [6.45, 7) is 2.23. The van der Waals surface area contributed by atoms with Crippen LogP contribution in [0, 0.1) is 5.92 Å². The summed E-state index contributed by atoms with van der Waals surface area (Å²) >= 11 is 0. The number of primary amides is 1. The normalized spacial score (nSPS) is 19.4. The van der Waals surface area contributed by atoms with Crippen LogP contribution >= 0.6 is 0 Å². The molecule has 2 amide bonds. The lowest BCUT2D eigenvalue weighted by Crippen LogP contribution is -2.44. The number of carbonyl (C=O) groups is 2. The lowest BCUT2D eigenvalue weighted by atomic mass is 9.97. The summed E-state index contributed by atoms with van der Waals surface area (Å²) in [5, 5.41) is 8.09. The van der Waals surface area contributed by atoms with Gasteiger partial charge in [-0.3, -0.25) is 9.59 Å². The first-order valence-corrected chi connectivity index (χ1v) is 11.0. The number of hydrogen-bond acceptors (Lipinski definition) is 5. The van der Waals surface area contributed by atoms with Crippen molar-refractivity contribution in [2.24, 2.45) is 16.8 Å². The van der Waals surface area contributed by atoms with Crippen molar-refractivity contribution in [2.75, 3.05) is 36.4 Å². The van der Waals surface area contributed by atoms with E-state index in [9.17, 15) is 18.0 Å². The maximum absolute atomic E-state index is 12.8. The highest BCUT2D eigenvalue weighted by molar-refractivity contribution is 7.86. The van der Waals surface area contributed by atoms with Crippen LogP contribution in [-0.4, -0.2) is 50.7 Å². The molecule has 0 saturated carbocycles. The molecule has 2 heterocycles. The predicted molar refractivity (Wildman–Crippen MR) is 107 cm³/mol. The second-order valence-electron chi connectivity index (χ2n) is 7.35. The Labute approximate surface area is 165 Å². The summed E-state index contributed by atoms with van der Waals surface area (Å²) in [5.41, 5.74) is 7.18. The summed E-state index contributed by atoms with van der Waals surface area (Å²) in [6.07, 6.45) is 4.14. The number of rotatable bonds is 5. The number of anilines is 2. The zero-order valence-corrected chi connectivity index (χ0v) is 16.6. The molecule has 2 fully saturated rings. The van der Waals surface area contributed by atoms with Gasteiger partial charge < -0.3 is 16.0 Å². The second kappa shape index (κ2) is 8.46. The fourth-order valence-corrected chi connectivity index (χ4v) is 4.53. The second-order valence-corrected chi connectivity index (χ2v) is 8.90. The molecule has 1 aromatic carbocycles. The number of nitrogens with two attached hydrogens (primary N) is 2. The Hall–Kier alpha value is -2.17. The lowest BCUT2D eigenvalue weighted by molar-refractivity contribution is -0.120. The lowest BCUT2D eigenvalue weighted by Gasteiger charge is -2.32. The highest BCUT2D eigenvalue weighted by atomic mass is 32.2. The molecular weight excluding hydrogens is 382 g/mol. The maximum atomic E-state index is 12.8. The molecule has 0 aromatic heterocycles.